The lowest BCUT2D eigenvalue weighted by molar-refractivity contribution is 0.0697. The number of aryl methyl sites for hydroxylation is 1. The van der Waals surface area contributed by atoms with Crippen LogP contribution in [0.15, 0.2) is 66.7 Å². The summed E-state index contributed by atoms with van der Waals surface area (Å²) < 4.78 is 0. The molecule has 4 aromatic rings. The lowest BCUT2D eigenvalue weighted by atomic mass is 10.0. The van der Waals surface area contributed by atoms with Crippen LogP contribution in [0.3, 0.4) is 0 Å². The highest BCUT2D eigenvalue weighted by Crippen LogP contribution is 2.39. The molecule has 0 radical (unpaired) electrons. The molecular weight excluding hydrogens is 398 g/mol. The van der Waals surface area contributed by atoms with E-state index in [1.54, 1.807) is 18.2 Å². The van der Waals surface area contributed by atoms with Gasteiger partial charge in [-0.05, 0) is 48.7 Å². The standard InChI is InChI=1S/C24H18ClN3O2/c25-18-10-8-15-7-4-12-28(21(15)14-18)23-22(16-5-2-1-3-6-16)26-19-11-9-17(24(29)30)13-20(19)27-23/h1-3,5-6,8-11,13-14H,4,7,12H2,(H,29,30). The number of benzene rings is 3. The predicted molar refractivity (Wildman–Crippen MR) is 119 cm³/mol. The van der Waals surface area contributed by atoms with Crippen LogP contribution in [0.5, 0.6) is 0 Å². The van der Waals surface area contributed by atoms with Gasteiger partial charge in [-0.15, -0.1) is 0 Å². The second-order valence-electron chi connectivity index (χ2n) is 7.30. The molecule has 1 aliphatic heterocycles. The van der Waals surface area contributed by atoms with Gasteiger partial charge in [0, 0.05) is 22.8 Å². The molecule has 0 aliphatic carbocycles. The van der Waals surface area contributed by atoms with E-state index in [1.165, 1.54) is 5.56 Å². The first-order valence-corrected chi connectivity index (χ1v) is 10.1. The summed E-state index contributed by atoms with van der Waals surface area (Å²) in [6.07, 6.45) is 1.96. The minimum atomic E-state index is -0.984. The summed E-state index contributed by atoms with van der Waals surface area (Å²) in [4.78, 5) is 23.4. The summed E-state index contributed by atoms with van der Waals surface area (Å²) >= 11 is 6.31. The van der Waals surface area contributed by atoms with Crippen LogP contribution >= 0.6 is 11.6 Å². The van der Waals surface area contributed by atoms with Gasteiger partial charge in [0.05, 0.1) is 16.6 Å². The van der Waals surface area contributed by atoms with Crippen molar-refractivity contribution in [2.45, 2.75) is 12.8 Å². The molecule has 3 aromatic carbocycles. The van der Waals surface area contributed by atoms with Crippen LogP contribution in [0.1, 0.15) is 22.3 Å². The molecule has 5 nitrogen and oxygen atoms in total. The molecule has 0 amide bonds. The van der Waals surface area contributed by atoms with Gasteiger partial charge in [-0.1, -0.05) is 48.0 Å². The zero-order chi connectivity index (χ0) is 20.7. The first kappa shape index (κ1) is 18.6. The average Bonchev–Trinajstić information content (AvgIpc) is 2.78. The zero-order valence-electron chi connectivity index (χ0n) is 16.0. The number of fused-ring (bicyclic) bond motifs is 2. The number of aromatic nitrogens is 2. The van der Waals surface area contributed by atoms with E-state index >= 15 is 0 Å². The Morgan fingerprint density at radius 3 is 2.60 bits per heavy atom. The van der Waals surface area contributed by atoms with Crippen LogP contribution in [0.4, 0.5) is 11.5 Å². The summed E-state index contributed by atoms with van der Waals surface area (Å²) in [7, 11) is 0. The number of hydrogen-bond acceptors (Lipinski definition) is 4. The quantitative estimate of drug-likeness (QED) is 0.462. The smallest absolute Gasteiger partial charge is 0.335 e. The fourth-order valence-electron chi connectivity index (χ4n) is 3.92. The predicted octanol–water partition coefficient (Wildman–Crippen LogP) is 5.73. The molecule has 0 atom stereocenters. The molecule has 6 heteroatoms. The molecule has 0 saturated heterocycles. The van der Waals surface area contributed by atoms with Crippen molar-refractivity contribution in [3.8, 4) is 11.3 Å². The molecule has 0 unspecified atom stereocenters. The fraction of sp³-hybridized carbons (Fsp3) is 0.125. The van der Waals surface area contributed by atoms with Crippen molar-refractivity contribution in [3.05, 3.63) is 82.9 Å². The number of carbonyl (C=O) groups is 1. The van der Waals surface area contributed by atoms with Gasteiger partial charge in [0.1, 0.15) is 5.69 Å². The third-order valence-corrected chi connectivity index (χ3v) is 5.60. The maximum absolute atomic E-state index is 11.4. The molecule has 0 fully saturated rings. The molecule has 1 aliphatic rings. The molecule has 30 heavy (non-hydrogen) atoms. The minimum absolute atomic E-state index is 0.192. The molecule has 1 aromatic heterocycles. The number of aromatic carboxylic acids is 1. The van der Waals surface area contributed by atoms with E-state index in [1.807, 2.05) is 42.5 Å². The topological polar surface area (TPSA) is 66.3 Å². The summed E-state index contributed by atoms with van der Waals surface area (Å²) in [5.74, 6) is -0.276. The van der Waals surface area contributed by atoms with Crippen molar-refractivity contribution in [1.82, 2.24) is 9.97 Å². The zero-order valence-corrected chi connectivity index (χ0v) is 16.8. The SMILES string of the molecule is O=C(O)c1ccc2nc(-c3ccccc3)c(N3CCCc4ccc(Cl)cc43)nc2c1. The monoisotopic (exact) mass is 415 g/mol. The Balaban J connectivity index is 1.77. The lowest BCUT2D eigenvalue weighted by Gasteiger charge is -2.32. The van der Waals surface area contributed by atoms with E-state index in [9.17, 15) is 9.90 Å². The second-order valence-corrected chi connectivity index (χ2v) is 7.74. The van der Waals surface area contributed by atoms with Crippen molar-refractivity contribution < 1.29 is 9.90 Å². The van der Waals surface area contributed by atoms with E-state index < -0.39 is 5.97 Å². The van der Waals surface area contributed by atoms with Crippen LogP contribution in [0, 0.1) is 0 Å². The summed E-state index contributed by atoms with van der Waals surface area (Å²) in [6, 6.07) is 20.7. The minimum Gasteiger partial charge on any atom is -0.478 e. The number of anilines is 2. The van der Waals surface area contributed by atoms with Crippen LogP contribution in [0.25, 0.3) is 22.3 Å². The van der Waals surface area contributed by atoms with Gasteiger partial charge in [0.2, 0.25) is 0 Å². The van der Waals surface area contributed by atoms with E-state index in [0.29, 0.717) is 21.9 Å². The molecule has 0 bridgehead atoms. The third kappa shape index (κ3) is 3.27. The van der Waals surface area contributed by atoms with Crippen LogP contribution in [0.2, 0.25) is 5.02 Å². The van der Waals surface area contributed by atoms with Gasteiger partial charge in [0.25, 0.3) is 0 Å². The number of carboxylic acids is 1. The number of halogens is 1. The van der Waals surface area contributed by atoms with Crippen molar-refractivity contribution in [2.75, 3.05) is 11.4 Å². The summed E-state index contributed by atoms with van der Waals surface area (Å²) in [5, 5.41) is 10.1. The normalized spacial score (nSPS) is 13.3. The molecule has 0 spiro atoms. The van der Waals surface area contributed by atoms with Crippen LogP contribution < -0.4 is 4.90 Å². The first-order valence-electron chi connectivity index (χ1n) is 9.76. The molecule has 1 N–H and O–H groups in total. The summed E-state index contributed by atoms with van der Waals surface area (Å²) in [6.45, 7) is 0.784. The van der Waals surface area contributed by atoms with Crippen LogP contribution in [-0.2, 0) is 6.42 Å². The largest absolute Gasteiger partial charge is 0.478 e. The fourth-order valence-corrected chi connectivity index (χ4v) is 4.09. The van der Waals surface area contributed by atoms with Crippen molar-refractivity contribution >= 4 is 40.1 Å². The average molecular weight is 416 g/mol. The van der Waals surface area contributed by atoms with Gasteiger partial charge in [-0.25, -0.2) is 14.8 Å². The van der Waals surface area contributed by atoms with Gasteiger partial charge in [-0.3, -0.25) is 0 Å². The second kappa shape index (κ2) is 7.43. The van der Waals surface area contributed by atoms with E-state index in [0.717, 1.165) is 36.3 Å². The number of rotatable bonds is 3. The highest BCUT2D eigenvalue weighted by atomic mass is 35.5. The Bertz CT molecular complexity index is 1270. The number of carboxylic acid groups (broad SMARTS) is 1. The van der Waals surface area contributed by atoms with Gasteiger partial charge in [-0.2, -0.15) is 0 Å². The van der Waals surface area contributed by atoms with Gasteiger partial charge in [0.15, 0.2) is 5.82 Å². The molecule has 2 heterocycles. The molecule has 148 valence electrons. The molecule has 5 rings (SSSR count). The number of nitrogens with zero attached hydrogens (tertiary/aromatic N) is 3. The Hall–Kier alpha value is -3.44. The van der Waals surface area contributed by atoms with Gasteiger partial charge < -0.3 is 10.0 Å². The van der Waals surface area contributed by atoms with E-state index in [2.05, 4.69) is 11.0 Å². The summed E-state index contributed by atoms with van der Waals surface area (Å²) in [5.41, 5.74) is 5.36. The maximum atomic E-state index is 11.4. The highest BCUT2D eigenvalue weighted by Gasteiger charge is 2.24. The first-order chi connectivity index (χ1) is 14.6. The van der Waals surface area contributed by atoms with Crippen molar-refractivity contribution in [1.29, 1.82) is 0 Å². The number of hydrogen-bond donors (Lipinski definition) is 1. The Morgan fingerprint density at radius 1 is 0.967 bits per heavy atom. The Kier molecular flexibility index (Phi) is 4.60. The van der Waals surface area contributed by atoms with E-state index in [4.69, 9.17) is 21.6 Å². The molecular formula is C24H18ClN3O2. The third-order valence-electron chi connectivity index (χ3n) is 5.36. The van der Waals surface area contributed by atoms with Crippen molar-refractivity contribution in [3.63, 3.8) is 0 Å². The Morgan fingerprint density at radius 2 is 1.80 bits per heavy atom. The van der Waals surface area contributed by atoms with Crippen LogP contribution in [-0.4, -0.2) is 27.6 Å². The van der Waals surface area contributed by atoms with E-state index in [-0.39, 0.29) is 5.56 Å². The lowest BCUT2D eigenvalue weighted by Crippen LogP contribution is -2.26. The van der Waals surface area contributed by atoms with Crippen molar-refractivity contribution in [2.24, 2.45) is 0 Å². The maximum Gasteiger partial charge on any atom is 0.335 e. The molecule has 0 saturated carbocycles. The van der Waals surface area contributed by atoms with Gasteiger partial charge >= 0.3 is 5.97 Å². The highest BCUT2D eigenvalue weighted by molar-refractivity contribution is 6.30. The Labute approximate surface area is 178 Å².